The number of rotatable bonds is 10. The maximum absolute atomic E-state index is 10.8. The van der Waals surface area contributed by atoms with E-state index in [9.17, 15) is 14.9 Å². The van der Waals surface area contributed by atoms with Crippen LogP contribution < -0.4 is 15.8 Å². The third kappa shape index (κ3) is 6.19. The fourth-order valence-corrected chi connectivity index (χ4v) is 1.62. The molecule has 0 aliphatic carbocycles. The van der Waals surface area contributed by atoms with Gasteiger partial charge in [0, 0.05) is 37.9 Å². The minimum Gasteiger partial charge on any atom is -0.493 e. The van der Waals surface area contributed by atoms with Gasteiger partial charge < -0.3 is 20.5 Å². The molecule has 3 N–H and O–H groups in total. The average molecular weight is 297 g/mol. The first-order valence-corrected chi connectivity index (χ1v) is 6.42. The zero-order valence-electron chi connectivity index (χ0n) is 11.8. The van der Waals surface area contributed by atoms with E-state index in [-0.39, 0.29) is 18.7 Å². The topological polar surface area (TPSA) is 117 Å². The highest BCUT2D eigenvalue weighted by atomic mass is 16.6. The van der Waals surface area contributed by atoms with Crippen LogP contribution in [0.2, 0.25) is 0 Å². The van der Waals surface area contributed by atoms with Crippen molar-refractivity contribution in [3.05, 3.63) is 33.9 Å². The van der Waals surface area contributed by atoms with Crippen LogP contribution in [0.4, 0.5) is 5.69 Å². The molecule has 0 unspecified atom stereocenters. The van der Waals surface area contributed by atoms with E-state index in [1.54, 1.807) is 7.11 Å². The largest absolute Gasteiger partial charge is 0.493 e. The van der Waals surface area contributed by atoms with Crippen LogP contribution in [-0.2, 0) is 16.1 Å². The molecule has 1 amide bonds. The molecule has 0 spiro atoms. The van der Waals surface area contributed by atoms with Crippen molar-refractivity contribution in [1.82, 2.24) is 5.32 Å². The number of benzene rings is 1. The number of nitro benzene ring substituents is 1. The van der Waals surface area contributed by atoms with Crippen LogP contribution in [-0.4, -0.2) is 37.7 Å². The molecule has 0 fully saturated rings. The van der Waals surface area contributed by atoms with Gasteiger partial charge in [0.05, 0.1) is 24.6 Å². The van der Waals surface area contributed by atoms with Crippen molar-refractivity contribution in [2.45, 2.75) is 13.0 Å². The number of hydrogen-bond acceptors (Lipinski definition) is 6. The number of carbonyl (C=O) groups is 1. The average Bonchev–Trinajstić information content (AvgIpc) is 2.44. The van der Waals surface area contributed by atoms with Gasteiger partial charge in [-0.25, -0.2) is 0 Å². The Bertz CT molecular complexity index is 493. The second-order valence-electron chi connectivity index (χ2n) is 4.28. The van der Waals surface area contributed by atoms with Crippen molar-refractivity contribution in [3.63, 3.8) is 0 Å². The molecule has 0 aliphatic rings. The monoisotopic (exact) mass is 297 g/mol. The Morgan fingerprint density at radius 1 is 1.43 bits per heavy atom. The lowest BCUT2D eigenvalue weighted by atomic mass is 10.1. The second-order valence-corrected chi connectivity index (χ2v) is 4.28. The van der Waals surface area contributed by atoms with E-state index >= 15 is 0 Å². The predicted octanol–water partition coefficient (Wildman–Crippen LogP) is 0.585. The third-order valence-corrected chi connectivity index (χ3v) is 2.66. The summed E-state index contributed by atoms with van der Waals surface area (Å²) in [5, 5.41) is 13.9. The summed E-state index contributed by atoms with van der Waals surface area (Å²) >= 11 is 0. The molecule has 8 heteroatoms. The van der Waals surface area contributed by atoms with E-state index in [4.69, 9.17) is 15.2 Å². The Hall–Kier alpha value is -2.19. The molecule has 0 heterocycles. The second kappa shape index (κ2) is 8.88. The maximum atomic E-state index is 10.8. The van der Waals surface area contributed by atoms with E-state index in [0.29, 0.717) is 31.0 Å². The lowest BCUT2D eigenvalue weighted by Gasteiger charge is -2.11. The van der Waals surface area contributed by atoms with E-state index < -0.39 is 10.8 Å². The number of nitro groups is 1. The molecule has 0 aliphatic heterocycles. The summed E-state index contributed by atoms with van der Waals surface area (Å²) in [6.07, 6.45) is 0.0908. The SMILES string of the molecule is COCCNCc1cc([N+](=O)[O-])ccc1OCCC(N)=O. The predicted molar refractivity (Wildman–Crippen MR) is 76.0 cm³/mol. The van der Waals surface area contributed by atoms with Crippen molar-refractivity contribution in [1.29, 1.82) is 0 Å². The van der Waals surface area contributed by atoms with Gasteiger partial charge in [0.15, 0.2) is 0 Å². The van der Waals surface area contributed by atoms with Gasteiger partial charge in [0.25, 0.3) is 5.69 Å². The molecule has 1 rings (SSSR count). The molecular formula is C13H19N3O5. The van der Waals surface area contributed by atoms with Crippen LogP contribution >= 0.6 is 0 Å². The molecule has 0 aromatic heterocycles. The number of amides is 1. The van der Waals surface area contributed by atoms with Crippen molar-refractivity contribution in [3.8, 4) is 5.75 Å². The summed E-state index contributed by atoms with van der Waals surface area (Å²) in [5.41, 5.74) is 5.67. The van der Waals surface area contributed by atoms with Crippen LogP contribution in [0.3, 0.4) is 0 Å². The number of hydrogen-bond donors (Lipinski definition) is 2. The Kier molecular flexibility index (Phi) is 7.13. The number of methoxy groups -OCH3 is 1. The van der Waals surface area contributed by atoms with Crippen molar-refractivity contribution in [2.24, 2.45) is 5.73 Å². The van der Waals surface area contributed by atoms with Gasteiger partial charge in [0.2, 0.25) is 5.91 Å². The number of nitrogens with one attached hydrogen (secondary N) is 1. The number of ether oxygens (including phenoxy) is 2. The van der Waals surface area contributed by atoms with Gasteiger partial charge in [-0.1, -0.05) is 0 Å². The Morgan fingerprint density at radius 2 is 2.19 bits per heavy atom. The molecule has 0 saturated heterocycles. The molecule has 116 valence electrons. The summed E-state index contributed by atoms with van der Waals surface area (Å²) in [5.74, 6) is 0.0310. The molecule has 8 nitrogen and oxygen atoms in total. The molecule has 1 aromatic rings. The first-order chi connectivity index (χ1) is 10.0. The summed E-state index contributed by atoms with van der Waals surface area (Å²) in [6.45, 7) is 1.68. The Balaban J connectivity index is 2.73. The molecule has 0 radical (unpaired) electrons. The number of nitrogens with two attached hydrogens (primary N) is 1. The van der Waals surface area contributed by atoms with Crippen LogP contribution in [0.15, 0.2) is 18.2 Å². The smallest absolute Gasteiger partial charge is 0.270 e. The zero-order chi connectivity index (χ0) is 15.7. The van der Waals surface area contributed by atoms with Gasteiger partial charge in [-0.05, 0) is 6.07 Å². The highest BCUT2D eigenvalue weighted by molar-refractivity contribution is 5.73. The first kappa shape index (κ1) is 16.9. The van der Waals surface area contributed by atoms with Gasteiger partial charge in [0.1, 0.15) is 5.75 Å². The molecule has 21 heavy (non-hydrogen) atoms. The Labute approximate surface area is 122 Å². The molecule has 1 aromatic carbocycles. The zero-order valence-corrected chi connectivity index (χ0v) is 11.8. The molecule has 0 bridgehead atoms. The summed E-state index contributed by atoms with van der Waals surface area (Å²) in [4.78, 5) is 21.0. The van der Waals surface area contributed by atoms with Gasteiger partial charge in [-0.2, -0.15) is 0 Å². The van der Waals surface area contributed by atoms with Crippen LogP contribution in [0.5, 0.6) is 5.75 Å². The fourth-order valence-electron chi connectivity index (χ4n) is 1.62. The van der Waals surface area contributed by atoms with Gasteiger partial charge in [-0.15, -0.1) is 0 Å². The lowest BCUT2D eigenvalue weighted by Crippen LogP contribution is -2.19. The van der Waals surface area contributed by atoms with Crippen LogP contribution in [0.25, 0.3) is 0 Å². The van der Waals surface area contributed by atoms with Crippen molar-refractivity contribution < 1.29 is 19.2 Å². The van der Waals surface area contributed by atoms with Crippen LogP contribution in [0.1, 0.15) is 12.0 Å². The van der Waals surface area contributed by atoms with E-state index in [1.165, 1.54) is 18.2 Å². The minimum absolute atomic E-state index is 0.0132. The minimum atomic E-state index is -0.466. The maximum Gasteiger partial charge on any atom is 0.270 e. The normalized spacial score (nSPS) is 10.3. The number of nitrogens with zero attached hydrogens (tertiary/aromatic N) is 1. The number of carbonyl (C=O) groups excluding carboxylic acids is 1. The van der Waals surface area contributed by atoms with E-state index in [0.717, 1.165) is 0 Å². The summed E-state index contributed by atoms with van der Waals surface area (Å²) < 4.78 is 10.4. The highest BCUT2D eigenvalue weighted by Crippen LogP contribution is 2.24. The van der Waals surface area contributed by atoms with Crippen LogP contribution in [0, 0.1) is 10.1 Å². The summed E-state index contributed by atoms with van der Waals surface area (Å²) in [7, 11) is 1.59. The Morgan fingerprint density at radius 3 is 2.81 bits per heavy atom. The van der Waals surface area contributed by atoms with Gasteiger partial charge >= 0.3 is 0 Å². The van der Waals surface area contributed by atoms with Gasteiger partial charge in [-0.3, -0.25) is 14.9 Å². The third-order valence-electron chi connectivity index (χ3n) is 2.66. The molecule has 0 atom stereocenters. The van der Waals surface area contributed by atoms with E-state index in [1.807, 2.05) is 0 Å². The summed E-state index contributed by atoms with van der Waals surface area (Å²) in [6, 6.07) is 4.32. The molecule has 0 saturated carbocycles. The lowest BCUT2D eigenvalue weighted by molar-refractivity contribution is -0.384. The fraction of sp³-hybridized carbons (Fsp3) is 0.462. The highest BCUT2D eigenvalue weighted by Gasteiger charge is 2.12. The van der Waals surface area contributed by atoms with Crippen molar-refractivity contribution >= 4 is 11.6 Å². The quantitative estimate of drug-likeness (QED) is 0.371. The number of non-ortho nitro benzene ring substituents is 1. The standard InChI is InChI=1S/C13H19N3O5/c1-20-7-5-15-9-10-8-11(16(18)19)2-3-12(10)21-6-4-13(14)17/h2-3,8,15H,4-7,9H2,1H3,(H2,14,17). The molecular weight excluding hydrogens is 278 g/mol. The first-order valence-electron chi connectivity index (χ1n) is 6.42. The van der Waals surface area contributed by atoms with E-state index in [2.05, 4.69) is 5.32 Å². The van der Waals surface area contributed by atoms with Crippen molar-refractivity contribution in [2.75, 3.05) is 26.9 Å². The number of primary amides is 1.